The molecule has 0 radical (unpaired) electrons. The molecule has 0 aromatic rings. The van der Waals surface area contributed by atoms with Crippen LogP contribution in [0.2, 0.25) is 0 Å². The molecule has 9 nitrogen and oxygen atoms in total. The van der Waals surface area contributed by atoms with Crippen molar-refractivity contribution in [2.24, 2.45) is 0 Å². The second kappa shape index (κ2) is 11.8. The van der Waals surface area contributed by atoms with E-state index in [1.165, 1.54) is 0 Å². The number of rotatable bonds is 2. The molecule has 0 bridgehead atoms. The Bertz CT molecular complexity index is 231. The molecule has 88 valence electrons. The van der Waals surface area contributed by atoms with Crippen molar-refractivity contribution < 1.29 is 36.0 Å². The summed E-state index contributed by atoms with van der Waals surface area (Å²) in [5.74, 6) is -3.41. The monoisotopic (exact) mass is 227 g/mol. The van der Waals surface area contributed by atoms with Crippen molar-refractivity contribution >= 4 is 17.9 Å². The highest BCUT2D eigenvalue weighted by molar-refractivity contribution is 5.67. The summed E-state index contributed by atoms with van der Waals surface area (Å²) in [5, 5.41) is 31.9. The van der Waals surface area contributed by atoms with E-state index in [9.17, 15) is 14.9 Å². The zero-order valence-electron chi connectivity index (χ0n) is 8.91. The van der Waals surface area contributed by atoms with Crippen LogP contribution in [0, 0.1) is 10.1 Å². The van der Waals surface area contributed by atoms with Gasteiger partial charge in [0, 0.05) is 18.8 Å². The number of aliphatic carboxylic acids is 3. The third-order valence-electron chi connectivity index (χ3n) is 0.216. The molecule has 1 unspecified atom stereocenters. The van der Waals surface area contributed by atoms with E-state index in [1.807, 2.05) is 0 Å². The van der Waals surface area contributed by atoms with Crippen molar-refractivity contribution in [1.29, 1.82) is 0 Å². The zero-order valence-corrected chi connectivity index (χ0v) is 7.91. The molecule has 0 heterocycles. The van der Waals surface area contributed by atoms with Crippen LogP contribution in [0.1, 0.15) is 15.2 Å². The first-order chi connectivity index (χ1) is 7.02. The Morgan fingerprint density at radius 3 is 1.40 bits per heavy atom. The van der Waals surface area contributed by atoms with Crippen LogP contribution in [-0.4, -0.2) is 44.7 Å². The zero-order chi connectivity index (χ0) is 13.9. The number of nitrogens with zero attached hydrogens (tertiary/aromatic N) is 1. The van der Waals surface area contributed by atoms with Gasteiger partial charge in [-0.2, -0.15) is 0 Å². The normalized spacial score (nSPS) is 10.1. The molecule has 0 aliphatic rings. The summed E-state index contributed by atoms with van der Waals surface area (Å²) in [4.78, 5) is 35.7. The lowest BCUT2D eigenvalue weighted by atomic mass is 10.7. The van der Waals surface area contributed by atoms with Gasteiger partial charge in [-0.15, -0.1) is 0 Å². The third-order valence-corrected chi connectivity index (χ3v) is 0.216. The van der Waals surface area contributed by atoms with E-state index in [0.29, 0.717) is 0 Å². The third kappa shape index (κ3) is 347. The van der Waals surface area contributed by atoms with Crippen LogP contribution in [0.5, 0.6) is 0 Å². The van der Waals surface area contributed by atoms with Gasteiger partial charge in [0.15, 0.2) is 0 Å². The van der Waals surface area contributed by atoms with Gasteiger partial charge in [-0.25, -0.2) is 4.79 Å². The molecule has 0 saturated heterocycles. The number of carboxylic acid groups (broad SMARTS) is 3. The molecule has 0 aromatic carbocycles. The Balaban J connectivity index is -0.000000179. The smallest absolute Gasteiger partial charge is 0.376 e. The molecule has 0 aromatic heterocycles. The first kappa shape index (κ1) is 15.3. The van der Waals surface area contributed by atoms with E-state index in [4.69, 9.17) is 26.3 Å². The Labute approximate surface area is 85.5 Å². The van der Waals surface area contributed by atoms with Crippen LogP contribution in [0.25, 0.3) is 0 Å². The Morgan fingerprint density at radius 2 is 1.40 bits per heavy atom. The highest BCUT2D eigenvalue weighted by atomic mass is 16.6. The summed E-state index contributed by atoms with van der Waals surface area (Å²) in [6.45, 7) is -0.0741. The first-order valence-corrected chi connectivity index (χ1v) is 3.20. The van der Waals surface area contributed by atoms with Gasteiger partial charge in [-0.3, -0.25) is 19.7 Å². The van der Waals surface area contributed by atoms with Crippen LogP contribution < -0.4 is 0 Å². The van der Waals surface area contributed by atoms with E-state index in [2.05, 4.69) is 0 Å². The molecular formula is C6H11NO8. The first-order valence-electron chi connectivity index (χ1n) is 3.77. The Morgan fingerprint density at radius 1 is 1.20 bits per heavy atom. The van der Waals surface area contributed by atoms with Crippen molar-refractivity contribution in [3.63, 3.8) is 0 Å². The fourth-order valence-electron chi connectivity index (χ4n) is 0.0902. The molecule has 0 spiro atoms. The molecule has 0 aliphatic heterocycles. The summed E-state index contributed by atoms with van der Waals surface area (Å²) in [7, 11) is 0. The number of hydrogen-bond donors (Lipinski definition) is 3. The summed E-state index contributed by atoms with van der Waals surface area (Å²) in [6.07, 6.45) is 0. The fraction of sp³-hybridized carbons (Fsp3) is 0.500. The maximum absolute atomic E-state index is 9.51. The maximum atomic E-state index is 9.51. The van der Waals surface area contributed by atoms with E-state index >= 15 is 0 Å². The standard InChI is InChI=1S/C2H3NO4.2C2H4O2/c4-2(5)1-3(6)7;2*1-2(3)4/h1H2,(H,4,5);2*1H3,(H,3,4)/i1T;;. The van der Waals surface area contributed by atoms with Crippen LogP contribution in [-0.2, 0) is 14.4 Å². The van der Waals surface area contributed by atoms with Crippen molar-refractivity contribution in [3.05, 3.63) is 10.1 Å². The quantitative estimate of drug-likeness (QED) is 0.422. The van der Waals surface area contributed by atoms with Gasteiger partial charge in [0.25, 0.3) is 18.5 Å². The second-order valence-corrected chi connectivity index (χ2v) is 1.79. The summed E-state index contributed by atoms with van der Waals surface area (Å²) in [6, 6.07) is 0. The van der Waals surface area contributed by atoms with Crippen LogP contribution in [0.15, 0.2) is 0 Å². The molecule has 0 fully saturated rings. The van der Waals surface area contributed by atoms with E-state index < -0.39 is 29.4 Å². The molecule has 0 saturated carbocycles. The number of hydrogen-bond acceptors (Lipinski definition) is 5. The molecule has 1 atom stereocenters. The van der Waals surface area contributed by atoms with E-state index in [1.54, 1.807) is 0 Å². The molecule has 0 amide bonds. The molecule has 3 N–H and O–H groups in total. The van der Waals surface area contributed by atoms with Crippen molar-refractivity contribution in [1.82, 2.24) is 0 Å². The molecule has 0 aliphatic carbocycles. The lowest BCUT2D eigenvalue weighted by Gasteiger charge is -1.79. The van der Waals surface area contributed by atoms with Gasteiger partial charge < -0.3 is 15.3 Å². The second-order valence-electron chi connectivity index (χ2n) is 1.79. The SMILES string of the molecule is CC(=O)O.CC(=O)O.[3H]C(C(=O)O)[N+](=O)[O-]. The largest absolute Gasteiger partial charge is 0.481 e. The number of carbonyl (C=O) groups is 3. The lowest BCUT2D eigenvalue weighted by molar-refractivity contribution is -0.469. The minimum atomic E-state index is -2.24. The van der Waals surface area contributed by atoms with Gasteiger partial charge in [0.05, 0.1) is 0 Å². The highest BCUT2D eigenvalue weighted by Crippen LogP contribution is 1.64. The average molecular weight is 227 g/mol. The van der Waals surface area contributed by atoms with Crippen molar-refractivity contribution in [2.75, 3.05) is 6.52 Å². The minimum absolute atomic E-state index is 0.833. The van der Waals surface area contributed by atoms with E-state index in [-0.39, 0.29) is 0 Å². The number of nitro groups is 1. The van der Waals surface area contributed by atoms with Gasteiger partial charge in [0.1, 0.15) is 1.37 Å². The Hall–Kier alpha value is -2.19. The molecule has 15 heavy (non-hydrogen) atoms. The minimum Gasteiger partial charge on any atom is -0.481 e. The topological polar surface area (TPSA) is 155 Å². The van der Waals surface area contributed by atoms with Gasteiger partial charge in [-0.05, 0) is 0 Å². The summed E-state index contributed by atoms with van der Waals surface area (Å²) in [5.41, 5.74) is 0. The predicted octanol–water partition coefficient (Wildman–Crippen LogP) is -0.470. The van der Waals surface area contributed by atoms with E-state index in [0.717, 1.165) is 13.8 Å². The summed E-state index contributed by atoms with van der Waals surface area (Å²) < 4.78 is 6.18. The van der Waals surface area contributed by atoms with Crippen LogP contribution in [0.3, 0.4) is 0 Å². The highest BCUT2D eigenvalue weighted by Gasteiger charge is 2.02. The number of carboxylic acids is 3. The maximum Gasteiger partial charge on any atom is 0.376 e. The Kier molecular flexibility index (Phi) is 12.0. The van der Waals surface area contributed by atoms with Crippen LogP contribution in [0.4, 0.5) is 0 Å². The molecular weight excluding hydrogens is 214 g/mol. The van der Waals surface area contributed by atoms with Gasteiger partial charge >= 0.3 is 5.97 Å². The summed E-state index contributed by atoms with van der Waals surface area (Å²) >= 11 is 0. The van der Waals surface area contributed by atoms with Gasteiger partial charge in [0.2, 0.25) is 0 Å². The molecule has 0 rings (SSSR count). The van der Waals surface area contributed by atoms with Gasteiger partial charge in [-0.1, -0.05) is 0 Å². The van der Waals surface area contributed by atoms with Crippen LogP contribution >= 0.6 is 0 Å². The van der Waals surface area contributed by atoms with Crippen molar-refractivity contribution in [2.45, 2.75) is 13.8 Å². The fourth-order valence-corrected chi connectivity index (χ4v) is 0.0902. The lowest BCUT2D eigenvalue weighted by Crippen LogP contribution is -2.11. The molecule has 9 heteroatoms. The van der Waals surface area contributed by atoms with Crippen molar-refractivity contribution in [3.8, 4) is 0 Å². The average Bonchev–Trinajstić information content (AvgIpc) is 2.00. The predicted molar refractivity (Wildman–Crippen MR) is 46.1 cm³/mol.